The number of benzene rings is 1. The molecule has 1 aromatic carbocycles. The number of ether oxygens (including phenoxy) is 1. The third-order valence-electron chi connectivity index (χ3n) is 3.65. The maximum absolute atomic E-state index is 12.0. The summed E-state index contributed by atoms with van der Waals surface area (Å²) >= 11 is 0. The van der Waals surface area contributed by atoms with Gasteiger partial charge in [0.05, 0.1) is 24.9 Å². The van der Waals surface area contributed by atoms with E-state index in [9.17, 15) is 9.59 Å². The lowest BCUT2D eigenvalue weighted by Crippen LogP contribution is -2.46. The molecule has 0 fully saturated rings. The molecule has 1 heterocycles. The SMILES string of the molecule is CC(C)[C@H](N)C(=O)NCC(=O)Nc1cccc2c1OCCC2. The van der Waals surface area contributed by atoms with Crippen LogP contribution in [0.3, 0.4) is 0 Å². The van der Waals surface area contributed by atoms with Crippen LogP contribution in [0.5, 0.6) is 5.75 Å². The minimum absolute atomic E-state index is 0.0256. The topological polar surface area (TPSA) is 93.5 Å². The summed E-state index contributed by atoms with van der Waals surface area (Å²) in [6.07, 6.45) is 1.92. The maximum Gasteiger partial charge on any atom is 0.243 e. The molecule has 2 amide bonds. The van der Waals surface area contributed by atoms with E-state index in [2.05, 4.69) is 10.6 Å². The van der Waals surface area contributed by atoms with Crippen LogP contribution in [0.15, 0.2) is 18.2 Å². The van der Waals surface area contributed by atoms with Gasteiger partial charge in [-0.2, -0.15) is 0 Å². The van der Waals surface area contributed by atoms with Gasteiger partial charge in [-0.05, 0) is 30.4 Å². The number of hydrogen-bond acceptors (Lipinski definition) is 4. The van der Waals surface area contributed by atoms with Gasteiger partial charge in [-0.15, -0.1) is 0 Å². The Bertz CT molecular complexity index is 558. The van der Waals surface area contributed by atoms with Crippen LogP contribution < -0.4 is 21.1 Å². The highest BCUT2D eigenvalue weighted by molar-refractivity contribution is 5.96. The molecule has 6 nitrogen and oxygen atoms in total. The number of hydrogen-bond donors (Lipinski definition) is 3. The van der Waals surface area contributed by atoms with Crippen LogP contribution in [-0.2, 0) is 16.0 Å². The fourth-order valence-corrected chi connectivity index (χ4v) is 2.27. The molecule has 0 radical (unpaired) electrons. The largest absolute Gasteiger partial charge is 0.491 e. The summed E-state index contributed by atoms with van der Waals surface area (Å²) in [6, 6.07) is 5.06. The Hall–Kier alpha value is -2.08. The Balaban J connectivity index is 1.92. The lowest BCUT2D eigenvalue weighted by molar-refractivity contribution is -0.125. The predicted octanol–water partition coefficient (Wildman–Crippen LogP) is 1.05. The van der Waals surface area contributed by atoms with Crippen LogP contribution in [-0.4, -0.2) is 31.0 Å². The average Bonchev–Trinajstić information content (AvgIpc) is 2.52. The minimum Gasteiger partial charge on any atom is -0.491 e. The van der Waals surface area contributed by atoms with E-state index >= 15 is 0 Å². The number of nitrogens with one attached hydrogen (secondary N) is 2. The average molecular weight is 305 g/mol. The first kappa shape index (κ1) is 16.3. The molecule has 0 saturated heterocycles. The Kier molecular flexibility index (Phi) is 5.38. The molecule has 6 heteroatoms. The first-order valence-corrected chi connectivity index (χ1v) is 7.57. The minimum atomic E-state index is -0.611. The molecule has 0 saturated carbocycles. The Morgan fingerprint density at radius 3 is 2.86 bits per heavy atom. The molecule has 4 N–H and O–H groups in total. The van der Waals surface area contributed by atoms with Gasteiger partial charge in [0.2, 0.25) is 11.8 Å². The molecule has 1 aliphatic rings. The van der Waals surface area contributed by atoms with Crippen molar-refractivity contribution in [1.29, 1.82) is 0 Å². The van der Waals surface area contributed by atoms with Crippen LogP contribution in [0, 0.1) is 5.92 Å². The molecular weight excluding hydrogens is 282 g/mol. The summed E-state index contributed by atoms with van der Waals surface area (Å²) in [5, 5.41) is 5.32. The summed E-state index contributed by atoms with van der Waals surface area (Å²) in [5.74, 6) is 0.133. The summed E-state index contributed by atoms with van der Waals surface area (Å²) in [7, 11) is 0. The summed E-state index contributed by atoms with van der Waals surface area (Å²) in [4.78, 5) is 23.7. The van der Waals surface area contributed by atoms with Gasteiger partial charge >= 0.3 is 0 Å². The standard InChI is InChI=1S/C16H23N3O3/c1-10(2)14(17)16(21)18-9-13(20)19-12-7-3-5-11-6-4-8-22-15(11)12/h3,5,7,10,14H,4,6,8-9,17H2,1-2H3,(H,18,21)(H,19,20)/t14-/m0/s1. The van der Waals surface area contributed by atoms with Crippen molar-refractivity contribution in [2.75, 3.05) is 18.5 Å². The van der Waals surface area contributed by atoms with E-state index in [1.165, 1.54) is 0 Å². The number of aryl methyl sites for hydroxylation is 1. The fourth-order valence-electron chi connectivity index (χ4n) is 2.27. The van der Waals surface area contributed by atoms with E-state index in [-0.39, 0.29) is 24.3 Å². The summed E-state index contributed by atoms with van der Waals surface area (Å²) in [6.45, 7) is 4.26. The first-order chi connectivity index (χ1) is 10.5. The second-order valence-corrected chi connectivity index (χ2v) is 5.78. The molecule has 0 bridgehead atoms. The number of carbonyl (C=O) groups excluding carboxylic acids is 2. The van der Waals surface area contributed by atoms with Crippen LogP contribution in [0.2, 0.25) is 0 Å². The molecule has 1 atom stereocenters. The van der Waals surface area contributed by atoms with E-state index < -0.39 is 6.04 Å². The van der Waals surface area contributed by atoms with E-state index in [4.69, 9.17) is 10.5 Å². The maximum atomic E-state index is 12.0. The van der Waals surface area contributed by atoms with Crippen LogP contribution in [0.25, 0.3) is 0 Å². The lowest BCUT2D eigenvalue weighted by atomic mass is 10.0. The number of amides is 2. The van der Waals surface area contributed by atoms with Crippen molar-refractivity contribution in [2.45, 2.75) is 32.7 Å². The van der Waals surface area contributed by atoms with Crippen molar-refractivity contribution >= 4 is 17.5 Å². The smallest absolute Gasteiger partial charge is 0.243 e. The molecule has 120 valence electrons. The normalized spacial score (nSPS) is 14.7. The molecule has 22 heavy (non-hydrogen) atoms. The van der Waals surface area contributed by atoms with Crippen molar-refractivity contribution in [3.8, 4) is 5.75 Å². The summed E-state index contributed by atoms with van der Waals surface area (Å²) in [5.41, 5.74) is 7.46. The molecule has 0 unspecified atom stereocenters. The number of fused-ring (bicyclic) bond motifs is 1. The predicted molar refractivity (Wildman–Crippen MR) is 84.7 cm³/mol. The molecule has 0 spiro atoms. The fraction of sp³-hybridized carbons (Fsp3) is 0.500. The first-order valence-electron chi connectivity index (χ1n) is 7.57. The number of nitrogens with two attached hydrogens (primary N) is 1. The molecule has 0 aliphatic carbocycles. The number of carbonyl (C=O) groups is 2. The van der Waals surface area contributed by atoms with Gasteiger partial charge < -0.3 is 21.1 Å². The zero-order valence-corrected chi connectivity index (χ0v) is 13.0. The Morgan fingerprint density at radius 2 is 2.14 bits per heavy atom. The van der Waals surface area contributed by atoms with E-state index in [1.54, 1.807) is 6.07 Å². The highest BCUT2D eigenvalue weighted by atomic mass is 16.5. The molecular formula is C16H23N3O3. The van der Waals surface area contributed by atoms with Gasteiger partial charge in [0, 0.05) is 0 Å². The quantitative estimate of drug-likeness (QED) is 0.758. The zero-order valence-electron chi connectivity index (χ0n) is 13.0. The molecule has 1 aromatic rings. The van der Waals surface area contributed by atoms with Crippen LogP contribution in [0.1, 0.15) is 25.8 Å². The molecule has 2 rings (SSSR count). The van der Waals surface area contributed by atoms with Crippen molar-refractivity contribution < 1.29 is 14.3 Å². The Morgan fingerprint density at radius 1 is 1.36 bits per heavy atom. The number of para-hydroxylation sites is 1. The third kappa shape index (κ3) is 3.98. The lowest BCUT2D eigenvalue weighted by Gasteiger charge is -2.20. The number of rotatable bonds is 5. The third-order valence-corrected chi connectivity index (χ3v) is 3.65. The number of anilines is 1. The van der Waals surface area contributed by atoms with Gasteiger partial charge in [-0.1, -0.05) is 26.0 Å². The monoisotopic (exact) mass is 305 g/mol. The van der Waals surface area contributed by atoms with Gasteiger partial charge in [0.25, 0.3) is 0 Å². The van der Waals surface area contributed by atoms with Crippen LogP contribution in [0.4, 0.5) is 5.69 Å². The van der Waals surface area contributed by atoms with Crippen molar-refractivity contribution in [3.05, 3.63) is 23.8 Å². The van der Waals surface area contributed by atoms with Gasteiger partial charge in [-0.3, -0.25) is 9.59 Å². The summed E-state index contributed by atoms with van der Waals surface area (Å²) < 4.78 is 5.63. The van der Waals surface area contributed by atoms with Crippen molar-refractivity contribution in [1.82, 2.24) is 5.32 Å². The van der Waals surface area contributed by atoms with E-state index in [1.807, 2.05) is 26.0 Å². The van der Waals surface area contributed by atoms with E-state index in [0.29, 0.717) is 12.3 Å². The Labute approximate surface area is 130 Å². The van der Waals surface area contributed by atoms with Gasteiger partial charge in [0.15, 0.2) is 0 Å². The highest BCUT2D eigenvalue weighted by Gasteiger charge is 2.19. The highest BCUT2D eigenvalue weighted by Crippen LogP contribution is 2.32. The van der Waals surface area contributed by atoms with Gasteiger partial charge in [-0.25, -0.2) is 0 Å². The van der Waals surface area contributed by atoms with Crippen molar-refractivity contribution in [3.63, 3.8) is 0 Å². The molecule has 0 aromatic heterocycles. The van der Waals surface area contributed by atoms with Crippen LogP contribution >= 0.6 is 0 Å². The zero-order chi connectivity index (χ0) is 16.1. The van der Waals surface area contributed by atoms with Gasteiger partial charge in [0.1, 0.15) is 5.75 Å². The van der Waals surface area contributed by atoms with E-state index in [0.717, 1.165) is 24.2 Å². The molecule has 1 aliphatic heterocycles. The second kappa shape index (κ2) is 7.26. The second-order valence-electron chi connectivity index (χ2n) is 5.78. The van der Waals surface area contributed by atoms with Crippen molar-refractivity contribution in [2.24, 2.45) is 11.7 Å².